The van der Waals surface area contributed by atoms with Crippen LogP contribution in [0.3, 0.4) is 0 Å². The van der Waals surface area contributed by atoms with Gasteiger partial charge < -0.3 is 26.5 Å². The Hall–Kier alpha value is 0.723. The van der Waals surface area contributed by atoms with Crippen molar-refractivity contribution < 1.29 is 45.9 Å². The number of ether oxygens (including phenoxy) is 2. The van der Waals surface area contributed by atoms with Gasteiger partial charge in [0.25, 0.3) is 0 Å². The molecule has 1 aliphatic heterocycles. The molecule has 0 radical (unpaired) electrons. The van der Waals surface area contributed by atoms with E-state index in [1.165, 1.54) is 0 Å². The molecular formula is C7H7BrO2SZn. The molecule has 0 unspecified atom stereocenters. The average Bonchev–Trinajstić information content (AvgIpc) is 2.59. The molecule has 0 saturated carbocycles. The zero-order valence-corrected chi connectivity index (χ0v) is 11.8. The predicted molar refractivity (Wildman–Crippen MR) is 37.8 cm³/mol. The van der Waals surface area contributed by atoms with Crippen LogP contribution in [0.5, 0.6) is 0 Å². The van der Waals surface area contributed by atoms with Gasteiger partial charge in [-0.25, -0.2) is 0 Å². The van der Waals surface area contributed by atoms with E-state index in [1.54, 1.807) is 11.3 Å². The SMILES string of the molecule is [Br-].[Zn+2].[c-]1ccc(C2OCCO2)s1. The van der Waals surface area contributed by atoms with E-state index in [1.807, 2.05) is 12.1 Å². The van der Waals surface area contributed by atoms with Crippen LogP contribution in [0.1, 0.15) is 11.2 Å². The van der Waals surface area contributed by atoms with Crippen molar-refractivity contribution in [3.05, 3.63) is 22.4 Å². The summed E-state index contributed by atoms with van der Waals surface area (Å²) in [5, 5.41) is 2.99. The average molecular weight is 300 g/mol. The summed E-state index contributed by atoms with van der Waals surface area (Å²) in [4.78, 5) is 1.11. The van der Waals surface area contributed by atoms with E-state index in [2.05, 4.69) is 5.38 Å². The fourth-order valence-electron chi connectivity index (χ4n) is 0.902. The van der Waals surface area contributed by atoms with Crippen molar-refractivity contribution >= 4 is 11.3 Å². The Labute approximate surface area is 98.8 Å². The summed E-state index contributed by atoms with van der Waals surface area (Å²) in [6.45, 7) is 1.42. The molecule has 2 nitrogen and oxygen atoms in total. The summed E-state index contributed by atoms with van der Waals surface area (Å²) in [6.07, 6.45) is -0.115. The molecular weight excluding hydrogens is 293 g/mol. The molecule has 0 atom stereocenters. The van der Waals surface area contributed by atoms with Gasteiger partial charge in [-0.2, -0.15) is 12.1 Å². The molecule has 0 N–H and O–H groups in total. The van der Waals surface area contributed by atoms with Crippen LogP contribution >= 0.6 is 11.3 Å². The first-order valence-electron chi connectivity index (χ1n) is 3.16. The molecule has 1 aromatic heterocycles. The molecule has 1 saturated heterocycles. The van der Waals surface area contributed by atoms with Crippen LogP contribution in [-0.2, 0) is 29.0 Å². The fourth-order valence-corrected chi connectivity index (χ4v) is 1.54. The quantitative estimate of drug-likeness (QED) is 0.469. The molecule has 0 spiro atoms. The van der Waals surface area contributed by atoms with Crippen LogP contribution in [0.4, 0.5) is 0 Å². The van der Waals surface area contributed by atoms with Gasteiger partial charge in [-0.1, -0.05) is 4.88 Å². The molecule has 62 valence electrons. The van der Waals surface area contributed by atoms with Crippen molar-refractivity contribution in [1.29, 1.82) is 0 Å². The number of hydrogen-bond acceptors (Lipinski definition) is 3. The molecule has 2 heterocycles. The number of halogens is 1. The largest absolute Gasteiger partial charge is 2.00 e. The molecule has 1 aliphatic rings. The molecule has 2 rings (SSSR count). The van der Waals surface area contributed by atoms with Crippen LogP contribution < -0.4 is 17.0 Å². The van der Waals surface area contributed by atoms with Gasteiger partial charge in [0.1, 0.15) is 6.29 Å². The van der Waals surface area contributed by atoms with Crippen molar-refractivity contribution in [2.45, 2.75) is 6.29 Å². The Morgan fingerprint density at radius 3 is 2.58 bits per heavy atom. The summed E-state index contributed by atoms with van der Waals surface area (Å²) < 4.78 is 10.5. The van der Waals surface area contributed by atoms with E-state index < -0.39 is 0 Å². The maximum Gasteiger partial charge on any atom is 2.00 e. The van der Waals surface area contributed by atoms with Gasteiger partial charge >= 0.3 is 19.5 Å². The first-order chi connectivity index (χ1) is 4.97. The van der Waals surface area contributed by atoms with Gasteiger partial charge in [0, 0.05) is 0 Å². The maximum atomic E-state index is 5.27. The fraction of sp³-hybridized carbons (Fsp3) is 0.429. The van der Waals surface area contributed by atoms with Crippen LogP contribution in [0.25, 0.3) is 0 Å². The monoisotopic (exact) mass is 298 g/mol. The summed E-state index contributed by atoms with van der Waals surface area (Å²) in [5.41, 5.74) is 0. The Bertz CT molecular complexity index is 199. The van der Waals surface area contributed by atoms with Gasteiger partial charge in [0.15, 0.2) is 0 Å². The van der Waals surface area contributed by atoms with Crippen LogP contribution in [0, 0.1) is 5.38 Å². The van der Waals surface area contributed by atoms with E-state index >= 15 is 0 Å². The zero-order valence-electron chi connectivity index (χ0n) is 6.46. The molecule has 1 aromatic rings. The Kier molecular flexibility index (Phi) is 6.59. The topological polar surface area (TPSA) is 18.5 Å². The van der Waals surface area contributed by atoms with E-state index in [9.17, 15) is 0 Å². The molecule has 0 bridgehead atoms. The van der Waals surface area contributed by atoms with Gasteiger partial charge in [0.05, 0.1) is 13.2 Å². The standard InChI is InChI=1S/C7H7O2S.BrH.Zn/c1-2-6(10-5-1)7-8-3-4-9-7;;/h1-2,7H,3-4H2;1H;/q-1;;+2/p-1. The second-order valence-corrected chi connectivity index (χ2v) is 2.94. The van der Waals surface area contributed by atoms with E-state index in [4.69, 9.17) is 9.47 Å². The summed E-state index contributed by atoms with van der Waals surface area (Å²) in [7, 11) is 0. The van der Waals surface area contributed by atoms with Crippen molar-refractivity contribution in [2.24, 2.45) is 0 Å². The molecule has 0 aliphatic carbocycles. The van der Waals surface area contributed by atoms with Crippen LogP contribution in [-0.4, -0.2) is 13.2 Å². The second kappa shape index (κ2) is 6.22. The Balaban J connectivity index is 0.000000605. The second-order valence-electron chi connectivity index (χ2n) is 2.03. The normalized spacial score (nSPS) is 16.7. The van der Waals surface area contributed by atoms with Gasteiger partial charge in [0.2, 0.25) is 0 Å². The van der Waals surface area contributed by atoms with Crippen LogP contribution in [0.15, 0.2) is 12.1 Å². The van der Waals surface area contributed by atoms with E-state index in [0.717, 1.165) is 4.88 Å². The summed E-state index contributed by atoms with van der Waals surface area (Å²) in [5.74, 6) is 0. The predicted octanol–water partition coefficient (Wildman–Crippen LogP) is -1.40. The summed E-state index contributed by atoms with van der Waals surface area (Å²) >= 11 is 1.55. The van der Waals surface area contributed by atoms with Gasteiger partial charge in [-0.05, 0) is 0 Å². The third-order valence-electron chi connectivity index (χ3n) is 1.35. The van der Waals surface area contributed by atoms with Crippen molar-refractivity contribution in [2.75, 3.05) is 13.2 Å². The minimum absolute atomic E-state index is 0. The number of thiophene rings is 1. The van der Waals surface area contributed by atoms with Crippen LogP contribution in [0.2, 0.25) is 0 Å². The molecule has 1 fully saturated rings. The first-order valence-corrected chi connectivity index (χ1v) is 3.97. The Morgan fingerprint density at radius 2 is 2.08 bits per heavy atom. The minimum atomic E-state index is -0.115. The first kappa shape index (κ1) is 12.7. The van der Waals surface area contributed by atoms with Gasteiger partial charge in [-0.15, -0.1) is 5.38 Å². The zero-order chi connectivity index (χ0) is 6.81. The number of rotatable bonds is 1. The molecule has 0 amide bonds. The molecule has 12 heavy (non-hydrogen) atoms. The van der Waals surface area contributed by atoms with Crippen molar-refractivity contribution in [1.82, 2.24) is 0 Å². The van der Waals surface area contributed by atoms with Crippen molar-refractivity contribution in [3.8, 4) is 0 Å². The summed E-state index contributed by atoms with van der Waals surface area (Å²) in [6, 6.07) is 3.85. The molecule has 0 aromatic carbocycles. The third kappa shape index (κ3) is 2.89. The van der Waals surface area contributed by atoms with E-state index in [0.29, 0.717) is 13.2 Å². The minimum Gasteiger partial charge on any atom is -1.00 e. The Morgan fingerprint density at radius 1 is 1.42 bits per heavy atom. The van der Waals surface area contributed by atoms with Crippen molar-refractivity contribution in [3.63, 3.8) is 0 Å². The maximum absolute atomic E-state index is 5.27. The van der Waals surface area contributed by atoms with E-state index in [-0.39, 0.29) is 42.7 Å². The molecule has 5 heteroatoms. The van der Waals surface area contributed by atoms with Gasteiger partial charge in [-0.3, -0.25) is 11.3 Å². The number of hydrogen-bond donors (Lipinski definition) is 0. The smallest absolute Gasteiger partial charge is 1.00 e. The third-order valence-corrected chi connectivity index (χ3v) is 2.16.